The predicted octanol–water partition coefficient (Wildman–Crippen LogP) is 3.37. The molecule has 4 heteroatoms. The summed E-state index contributed by atoms with van der Waals surface area (Å²) in [5, 5.41) is 0. The van der Waals surface area contributed by atoms with Gasteiger partial charge in [-0.1, -0.05) is 6.42 Å². The van der Waals surface area contributed by atoms with E-state index in [0.29, 0.717) is 5.92 Å². The smallest absolute Gasteiger partial charge is 0.260 e. The third-order valence-electron chi connectivity index (χ3n) is 2.64. The number of rotatable bonds is 1. The van der Waals surface area contributed by atoms with Gasteiger partial charge >= 0.3 is 6.18 Å². The van der Waals surface area contributed by atoms with Gasteiger partial charge in [-0.3, -0.25) is 4.98 Å². The number of hydrogen-bond donors (Lipinski definition) is 0. The zero-order chi connectivity index (χ0) is 10.2. The second-order valence-electron chi connectivity index (χ2n) is 3.60. The number of alkyl halides is 3. The molecule has 0 amide bonds. The average molecular weight is 201 g/mol. The minimum Gasteiger partial charge on any atom is -0.260 e. The maximum absolute atomic E-state index is 12.2. The Morgan fingerprint density at radius 2 is 1.93 bits per heavy atom. The highest BCUT2D eigenvalue weighted by atomic mass is 19.4. The molecule has 1 aliphatic rings. The molecule has 14 heavy (non-hydrogen) atoms. The van der Waals surface area contributed by atoms with Crippen LogP contribution in [0, 0.1) is 0 Å². The van der Waals surface area contributed by atoms with Crippen molar-refractivity contribution in [3.8, 4) is 0 Å². The lowest BCUT2D eigenvalue weighted by molar-refractivity contribution is -0.137. The average Bonchev–Trinajstić information content (AvgIpc) is 2.00. The van der Waals surface area contributed by atoms with Crippen LogP contribution in [0.3, 0.4) is 0 Å². The number of halogens is 3. The van der Waals surface area contributed by atoms with Crippen LogP contribution in [0.25, 0.3) is 0 Å². The number of nitrogens with zero attached hydrogens (tertiary/aromatic N) is 1. The summed E-state index contributed by atoms with van der Waals surface area (Å²) in [6, 6.07) is 2.60. The van der Waals surface area contributed by atoms with Crippen LogP contribution in [-0.2, 0) is 6.18 Å². The molecule has 0 aliphatic heterocycles. The van der Waals surface area contributed by atoms with Crippen LogP contribution in [0.5, 0.6) is 0 Å². The van der Waals surface area contributed by atoms with Crippen molar-refractivity contribution in [3.63, 3.8) is 0 Å². The molecule has 1 fully saturated rings. The van der Waals surface area contributed by atoms with Gasteiger partial charge in [-0.25, -0.2) is 0 Å². The van der Waals surface area contributed by atoms with Crippen molar-refractivity contribution in [1.82, 2.24) is 4.98 Å². The Bertz CT molecular complexity index is 311. The SMILES string of the molecule is FC(F)(F)c1ccc(C2CCC2)nc1. The molecule has 0 saturated heterocycles. The van der Waals surface area contributed by atoms with Gasteiger partial charge in [0.2, 0.25) is 0 Å². The molecular weight excluding hydrogens is 191 g/mol. The third-order valence-corrected chi connectivity index (χ3v) is 2.64. The second-order valence-corrected chi connectivity index (χ2v) is 3.60. The van der Waals surface area contributed by atoms with E-state index in [9.17, 15) is 13.2 Å². The number of aromatic nitrogens is 1. The van der Waals surface area contributed by atoms with Crippen molar-refractivity contribution in [1.29, 1.82) is 0 Å². The highest BCUT2D eigenvalue weighted by molar-refractivity contribution is 5.20. The van der Waals surface area contributed by atoms with E-state index in [1.54, 1.807) is 0 Å². The molecule has 0 radical (unpaired) electrons. The van der Waals surface area contributed by atoms with Crippen molar-refractivity contribution >= 4 is 0 Å². The van der Waals surface area contributed by atoms with Crippen LogP contribution in [0.1, 0.15) is 36.4 Å². The topological polar surface area (TPSA) is 12.9 Å². The van der Waals surface area contributed by atoms with Gasteiger partial charge in [-0.15, -0.1) is 0 Å². The maximum atomic E-state index is 12.2. The van der Waals surface area contributed by atoms with Crippen molar-refractivity contribution < 1.29 is 13.2 Å². The number of hydrogen-bond acceptors (Lipinski definition) is 1. The van der Waals surface area contributed by atoms with E-state index in [1.165, 1.54) is 6.07 Å². The summed E-state index contributed by atoms with van der Waals surface area (Å²) in [5.74, 6) is 0.386. The standard InChI is InChI=1S/C10H10F3N/c11-10(12,13)8-4-5-9(14-6-8)7-2-1-3-7/h4-7H,1-3H2. The van der Waals surface area contributed by atoms with E-state index in [1.807, 2.05) is 0 Å². The Labute approximate surface area is 80.0 Å². The van der Waals surface area contributed by atoms with Crippen LogP contribution >= 0.6 is 0 Å². The van der Waals surface area contributed by atoms with Gasteiger partial charge in [0, 0.05) is 17.8 Å². The molecule has 1 aliphatic carbocycles. The first kappa shape index (κ1) is 9.49. The molecule has 0 unspecified atom stereocenters. The van der Waals surface area contributed by atoms with E-state index in [-0.39, 0.29) is 0 Å². The normalized spacial score (nSPS) is 17.9. The zero-order valence-electron chi connectivity index (χ0n) is 7.51. The first-order valence-electron chi connectivity index (χ1n) is 4.60. The molecule has 1 aromatic heterocycles. The molecule has 76 valence electrons. The van der Waals surface area contributed by atoms with Gasteiger partial charge < -0.3 is 0 Å². The summed E-state index contributed by atoms with van der Waals surface area (Å²) in [6.45, 7) is 0. The van der Waals surface area contributed by atoms with Crippen LogP contribution in [-0.4, -0.2) is 4.98 Å². The Kier molecular flexibility index (Phi) is 2.21. The molecule has 0 N–H and O–H groups in total. The Hall–Kier alpha value is -1.06. The molecule has 0 aromatic carbocycles. The quantitative estimate of drug-likeness (QED) is 0.678. The van der Waals surface area contributed by atoms with Crippen molar-refractivity contribution in [2.24, 2.45) is 0 Å². The fraction of sp³-hybridized carbons (Fsp3) is 0.500. The minimum atomic E-state index is -4.27. The molecule has 0 atom stereocenters. The van der Waals surface area contributed by atoms with Crippen LogP contribution in [0.15, 0.2) is 18.3 Å². The van der Waals surface area contributed by atoms with E-state index >= 15 is 0 Å². The van der Waals surface area contributed by atoms with E-state index in [2.05, 4.69) is 4.98 Å². The Balaban J connectivity index is 2.17. The van der Waals surface area contributed by atoms with Gasteiger partial charge in [-0.05, 0) is 25.0 Å². The van der Waals surface area contributed by atoms with Crippen LogP contribution < -0.4 is 0 Å². The zero-order valence-corrected chi connectivity index (χ0v) is 7.51. The van der Waals surface area contributed by atoms with Crippen molar-refractivity contribution in [2.75, 3.05) is 0 Å². The van der Waals surface area contributed by atoms with Gasteiger partial charge in [0.25, 0.3) is 0 Å². The summed E-state index contributed by atoms with van der Waals surface area (Å²) in [4.78, 5) is 3.85. The molecule has 1 nitrogen and oxygen atoms in total. The van der Waals surface area contributed by atoms with Gasteiger partial charge in [-0.2, -0.15) is 13.2 Å². The third kappa shape index (κ3) is 1.74. The fourth-order valence-corrected chi connectivity index (χ4v) is 1.52. The largest absolute Gasteiger partial charge is 0.417 e. The highest BCUT2D eigenvalue weighted by Crippen LogP contribution is 2.36. The van der Waals surface area contributed by atoms with Gasteiger partial charge in [0.05, 0.1) is 5.56 Å². The van der Waals surface area contributed by atoms with Crippen molar-refractivity contribution in [3.05, 3.63) is 29.6 Å². The van der Waals surface area contributed by atoms with E-state index in [0.717, 1.165) is 37.2 Å². The minimum absolute atomic E-state index is 0.386. The van der Waals surface area contributed by atoms with Gasteiger partial charge in [0.1, 0.15) is 0 Å². The molecule has 1 aromatic rings. The van der Waals surface area contributed by atoms with Crippen molar-refractivity contribution in [2.45, 2.75) is 31.4 Å². The summed E-state index contributed by atoms with van der Waals surface area (Å²) < 4.78 is 36.5. The van der Waals surface area contributed by atoms with Gasteiger partial charge in [0.15, 0.2) is 0 Å². The Morgan fingerprint density at radius 1 is 1.21 bits per heavy atom. The number of pyridine rings is 1. The van der Waals surface area contributed by atoms with Crippen LogP contribution in [0.2, 0.25) is 0 Å². The molecule has 0 bridgehead atoms. The summed E-state index contributed by atoms with van der Waals surface area (Å²) in [6.07, 6.45) is -0.0805. The summed E-state index contributed by atoms with van der Waals surface area (Å²) >= 11 is 0. The van der Waals surface area contributed by atoms with E-state index < -0.39 is 11.7 Å². The lowest BCUT2D eigenvalue weighted by Crippen LogP contribution is -2.12. The van der Waals surface area contributed by atoms with Crippen LogP contribution in [0.4, 0.5) is 13.2 Å². The first-order valence-corrected chi connectivity index (χ1v) is 4.60. The highest BCUT2D eigenvalue weighted by Gasteiger charge is 2.31. The molecule has 0 spiro atoms. The molecule has 1 saturated carbocycles. The van der Waals surface area contributed by atoms with E-state index in [4.69, 9.17) is 0 Å². The fourth-order valence-electron chi connectivity index (χ4n) is 1.52. The molecule has 2 rings (SSSR count). The Morgan fingerprint density at radius 3 is 2.29 bits per heavy atom. The second kappa shape index (κ2) is 3.26. The lowest BCUT2D eigenvalue weighted by atomic mass is 9.82. The lowest BCUT2D eigenvalue weighted by Gasteiger charge is -2.24. The maximum Gasteiger partial charge on any atom is 0.417 e. The summed E-state index contributed by atoms with van der Waals surface area (Å²) in [5.41, 5.74) is 0.129. The predicted molar refractivity (Wildman–Crippen MR) is 45.8 cm³/mol. The summed E-state index contributed by atoms with van der Waals surface area (Å²) in [7, 11) is 0. The molecule has 1 heterocycles. The monoisotopic (exact) mass is 201 g/mol. The molecular formula is C10H10F3N. The first-order chi connectivity index (χ1) is 6.57.